The Morgan fingerprint density at radius 3 is 2.55 bits per heavy atom. The molecule has 0 saturated carbocycles. The molecule has 0 aliphatic carbocycles. The summed E-state index contributed by atoms with van der Waals surface area (Å²) in [5.74, 6) is -0.271. The van der Waals surface area contributed by atoms with Crippen LogP contribution in [0, 0.1) is 5.41 Å². The molecule has 2 fully saturated rings. The molecule has 2 heterocycles. The molecule has 5 nitrogen and oxygen atoms in total. The minimum atomic E-state index is -4.86. The van der Waals surface area contributed by atoms with Crippen LogP contribution >= 0.6 is 11.8 Å². The Hall–Kier alpha value is -1.12. The number of nitrogens with zero attached hydrogens (tertiary/aromatic N) is 1. The van der Waals surface area contributed by atoms with E-state index in [1.54, 1.807) is 11.8 Å². The van der Waals surface area contributed by atoms with E-state index >= 15 is 0 Å². The van der Waals surface area contributed by atoms with E-state index in [1.807, 2.05) is 0 Å². The number of amides is 2. The number of thioether (sulfide) groups is 1. The average Bonchev–Trinajstić information content (AvgIpc) is 2.96. The molecular weight excluding hydrogens is 297 g/mol. The number of hydrogen-bond donors (Lipinski definition) is 2. The van der Waals surface area contributed by atoms with E-state index in [-0.39, 0.29) is 12.6 Å². The van der Waals surface area contributed by atoms with Gasteiger partial charge in [-0.05, 0) is 18.6 Å². The van der Waals surface area contributed by atoms with Gasteiger partial charge in [0.15, 0.2) is 5.41 Å². The van der Waals surface area contributed by atoms with E-state index in [0.717, 1.165) is 22.8 Å². The summed E-state index contributed by atoms with van der Waals surface area (Å²) in [4.78, 5) is 23.8. The molecule has 2 unspecified atom stereocenters. The Morgan fingerprint density at radius 1 is 1.40 bits per heavy atom. The quantitative estimate of drug-likeness (QED) is 0.811. The molecule has 0 aromatic heterocycles. The molecule has 114 valence electrons. The third kappa shape index (κ3) is 2.68. The summed E-state index contributed by atoms with van der Waals surface area (Å²) in [6, 6.07) is -0.650. The zero-order valence-corrected chi connectivity index (χ0v) is 11.4. The lowest BCUT2D eigenvalue weighted by atomic mass is 9.86. The number of hydrogen-bond acceptors (Lipinski definition) is 3. The van der Waals surface area contributed by atoms with Gasteiger partial charge < -0.3 is 15.3 Å². The van der Waals surface area contributed by atoms with Crippen LogP contribution in [0.25, 0.3) is 0 Å². The van der Waals surface area contributed by atoms with Gasteiger partial charge in [0.1, 0.15) is 0 Å². The van der Waals surface area contributed by atoms with Crippen LogP contribution in [-0.4, -0.2) is 58.8 Å². The smallest absolute Gasteiger partial charge is 0.406 e. The van der Waals surface area contributed by atoms with Crippen molar-refractivity contribution in [2.45, 2.75) is 25.1 Å². The second-order valence-corrected chi connectivity index (χ2v) is 6.22. The van der Waals surface area contributed by atoms with Gasteiger partial charge in [-0.25, -0.2) is 4.79 Å². The van der Waals surface area contributed by atoms with Crippen LogP contribution in [0.2, 0.25) is 0 Å². The highest BCUT2D eigenvalue weighted by atomic mass is 32.2. The molecule has 0 aromatic carbocycles. The number of nitrogens with one attached hydrogen (secondary N) is 1. The van der Waals surface area contributed by atoms with Crippen molar-refractivity contribution in [2.75, 3.05) is 24.6 Å². The number of carbonyl (C=O) groups excluding carboxylic acids is 1. The van der Waals surface area contributed by atoms with Gasteiger partial charge in [-0.3, -0.25) is 4.79 Å². The van der Waals surface area contributed by atoms with Crippen LogP contribution in [0.1, 0.15) is 12.8 Å². The number of urea groups is 1. The summed E-state index contributed by atoms with van der Waals surface area (Å²) in [6.07, 6.45) is -4.68. The van der Waals surface area contributed by atoms with Crippen molar-refractivity contribution in [2.24, 2.45) is 5.41 Å². The molecule has 2 atom stereocenters. The molecule has 2 amide bonds. The predicted molar refractivity (Wildman–Crippen MR) is 66.6 cm³/mol. The maximum atomic E-state index is 13.0. The lowest BCUT2D eigenvalue weighted by molar-refractivity contribution is -0.226. The number of aliphatic carboxylic acids is 1. The first kappa shape index (κ1) is 15.3. The fourth-order valence-corrected chi connectivity index (χ4v) is 3.58. The third-order valence-corrected chi connectivity index (χ3v) is 4.93. The molecule has 9 heteroatoms. The topological polar surface area (TPSA) is 69.6 Å². The van der Waals surface area contributed by atoms with Gasteiger partial charge in [0, 0.05) is 24.9 Å². The van der Waals surface area contributed by atoms with Gasteiger partial charge in [-0.2, -0.15) is 24.9 Å². The van der Waals surface area contributed by atoms with Crippen LogP contribution in [0.3, 0.4) is 0 Å². The van der Waals surface area contributed by atoms with Crippen LogP contribution in [-0.2, 0) is 4.79 Å². The largest absolute Gasteiger partial charge is 0.481 e. The van der Waals surface area contributed by atoms with E-state index in [2.05, 4.69) is 5.32 Å². The fraction of sp³-hybridized carbons (Fsp3) is 0.818. The monoisotopic (exact) mass is 312 g/mol. The van der Waals surface area contributed by atoms with E-state index < -0.39 is 36.6 Å². The first-order valence-corrected chi connectivity index (χ1v) is 7.35. The molecule has 0 aromatic rings. The molecule has 20 heavy (non-hydrogen) atoms. The average molecular weight is 312 g/mol. The number of likely N-dealkylation sites (tertiary alicyclic amines) is 1. The zero-order chi connectivity index (χ0) is 15.0. The number of rotatable bonds is 2. The number of carboxylic acid groups (broad SMARTS) is 1. The van der Waals surface area contributed by atoms with Crippen molar-refractivity contribution in [3.63, 3.8) is 0 Å². The maximum absolute atomic E-state index is 13.0. The standard InChI is InChI=1S/C11H15F3N2O3S/c12-11(13,14)10(8(17)18)2-3-16(6-10)9(19)15-7-1-4-20-5-7/h7H,1-6H2,(H,15,19)(H,17,18). The molecule has 2 N–H and O–H groups in total. The van der Waals surface area contributed by atoms with Crippen LogP contribution < -0.4 is 5.32 Å². The lowest BCUT2D eigenvalue weighted by Gasteiger charge is -2.27. The molecular formula is C11H15F3N2O3S. The predicted octanol–water partition coefficient (Wildman–Crippen LogP) is 1.54. The van der Waals surface area contributed by atoms with Crippen molar-refractivity contribution in [1.29, 1.82) is 0 Å². The van der Waals surface area contributed by atoms with E-state index in [4.69, 9.17) is 5.11 Å². The molecule has 0 bridgehead atoms. The molecule has 2 aliphatic heterocycles. The highest BCUT2D eigenvalue weighted by Crippen LogP contribution is 2.45. The van der Waals surface area contributed by atoms with Gasteiger partial charge in [-0.1, -0.05) is 0 Å². The Labute approximate surface area is 117 Å². The normalized spacial score (nSPS) is 30.6. The van der Waals surface area contributed by atoms with Gasteiger partial charge in [0.2, 0.25) is 0 Å². The Balaban J connectivity index is 2.02. The summed E-state index contributed by atoms with van der Waals surface area (Å²) >= 11 is 1.67. The number of carbonyl (C=O) groups is 2. The summed E-state index contributed by atoms with van der Waals surface area (Å²) in [5.41, 5.74) is -2.84. The molecule has 0 spiro atoms. The van der Waals surface area contributed by atoms with Gasteiger partial charge in [0.05, 0.1) is 0 Å². The number of carboxylic acids is 1. The number of halogens is 3. The zero-order valence-electron chi connectivity index (χ0n) is 10.6. The highest BCUT2D eigenvalue weighted by molar-refractivity contribution is 7.99. The van der Waals surface area contributed by atoms with Crippen molar-refractivity contribution in [3.05, 3.63) is 0 Å². The first-order chi connectivity index (χ1) is 9.26. The Morgan fingerprint density at radius 2 is 2.10 bits per heavy atom. The fourth-order valence-electron chi connectivity index (χ4n) is 2.42. The first-order valence-electron chi connectivity index (χ1n) is 6.19. The summed E-state index contributed by atoms with van der Waals surface area (Å²) in [7, 11) is 0. The van der Waals surface area contributed by atoms with Crippen LogP contribution in [0.15, 0.2) is 0 Å². The van der Waals surface area contributed by atoms with Gasteiger partial charge in [0.25, 0.3) is 0 Å². The molecule has 0 radical (unpaired) electrons. The SMILES string of the molecule is O=C(NC1CCSC1)N1CCC(C(=O)O)(C(F)(F)F)C1. The second-order valence-electron chi connectivity index (χ2n) is 5.07. The van der Waals surface area contributed by atoms with Crippen LogP contribution in [0.5, 0.6) is 0 Å². The third-order valence-electron chi connectivity index (χ3n) is 3.77. The van der Waals surface area contributed by atoms with E-state index in [1.165, 1.54) is 0 Å². The van der Waals surface area contributed by atoms with Gasteiger partial charge >= 0.3 is 18.2 Å². The lowest BCUT2D eigenvalue weighted by Crippen LogP contribution is -2.50. The van der Waals surface area contributed by atoms with Crippen molar-refractivity contribution >= 4 is 23.8 Å². The molecule has 2 rings (SSSR count). The maximum Gasteiger partial charge on any atom is 0.406 e. The van der Waals surface area contributed by atoms with Gasteiger partial charge in [-0.15, -0.1) is 0 Å². The minimum absolute atomic E-state index is 0.0433. The second kappa shape index (κ2) is 5.34. The number of alkyl halides is 3. The minimum Gasteiger partial charge on any atom is -0.481 e. The van der Waals surface area contributed by atoms with E-state index in [9.17, 15) is 22.8 Å². The van der Waals surface area contributed by atoms with Crippen molar-refractivity contribution < 1.29 is 27.9 Å². The Kier molecular flexibility index (Phi) is 4.08. The van der Waals surface area contributed by atoms with Crippen molar-refractivity contribution in [3.8, 4) is 0 Å². The summed E-state index contributed by atoms with van der Waals surface area (Å²) < 4.78 is 38.9. The molecule has 2 aliphatic rings. The molecule has 2 saturated heterocycles. The van der Waals surface area contributed by atoms with Crippen LogP contribution in [0.4, 0.5) is 18.0 Å². The summed E-state index contributed by atoms with van der Waals surface area (Å²) in [6.45, 7) is -1.02. The highest BCUT2D eigenvalue weighted by Gasteiger charge is 2.64. The van der Waals surface area contributed by atoms with E-state index in [0.29, 0.717) is 0 Å². The summed E-state index contributed by atoms with van der Waals surface area (Å²) in [5, 5.41) is 11.6. The Bertz CT molecular complexity index is 412. The van der Waals surface area contributed by atoms with Crippen molar-refractivity contribution in [1.82, 2.24) is 10.2 Å².